The normalized spacial score (nSPS) is 10.9. The Bertz CT molecular complexity index is 595. The molecular formula is C16H22ClN3O. The molecule has 0 aliphatic rings. The average molecular weight is 308 g/mol. The van der Waals surface area contributed by atoms with Gasteiger partial charge in [0.2, 0.25) is 5.95 Å². The highest BCUT2D eigenvalue weighted by Crippen LogP contribution is 2.26. The zero-order valence-electron chi connectivity index (χ0n) is 12.8. The van der Waals surface area contributed by atoms with Gasteiger partial charge in [-0.15, -0.1) is 0 Å². The molecule has 114 valence electrons. The van der Waals surface area contributed by atoms with E-state index in [1.165, 1.54) is 0 Å². The molecule has 2 aromatic rings. The first-order valence-corrected chi connectivity index (χ1v) is 7.62. The number of benzene rings is 1. The third-order valence-corrected chi connectivity index (χ3v) is 3.47. The Kier molecular flexibility index (Phi) is 5.65. The Morgan fingerprint density at radius 3 is 2.86 bits per heavy atom. The fourth-order valence-corrected chi connectivity index (χ4v) is 2.42. The lowest BCUT2D eigenvalue weighted by atomic mass is 10.2. The lowest BCUT2D eigenvalue weighted by Gasteiger charge is -2.11. The van der Waals surface area contributed by atoms with Crippen LogP contribution in [0, 0.1) is 13.8 Å². The summed E-state index contributed by atoms with van der Waals surface area (Å²) < 4.78 is 7.48. The number of hydrogen-bond donors (Lipinski definition) is 1. The number of imidazole rings is 1. The van der Waals surface area contributed by atoms with Crippen molar-refractivity contribution in [2.75, 3.05) is 18.5 Å². The highest BCUT2D eigenvalue weighted by molar-refractivity contribution is 6.33. The molecule has 1 aromatic heterocycles. The van der Waals surface area contributed by atoms with Crippen LogP contribution >= 0.6 is 11.6 Å². The van der Waals surface area contributed by atoms with Crippen molar-refractivity contribution in [2.45, 2.75) is 33.7 Å². The molecule has 0 saturated heterocycles. The summed E-state index contributed by atoms with van der Waals surface area (Å²) in [5, 5.41) is 4.01. The van der Waals surface area contributed by atoms with E-state index in [1.807, 2.05) is 45.2 Å². The number of aryl methyl sites for hydroxylation is 3. The van der Waals surface area contributed by atoms with Gasteiger partial charge in [0.05, 0.1) is 16.4 Å². The molecule has 2 rings (SSSR count). The van der Waals surface area contributed by atoms with E-state index in [0.717, 1.165) is 49.1 Å². The second kappa shape index (κ2) is 7.48. The summed E-state index contributed by atoms with van der Waals surface area (Å²) in [5.74, 6) is 0.815. The van der Waals surface area contributed by atoms with Crippen LogP contribution in [0.5, 0.6) is 0 Å². The van der Waals surface area contributed by atoms with Gasteiger partial charge >= 0.3 is 0 Å². The zero-order chi connectivity index (χ0) is 15.2. The maximum absolute atomic E-state index is 6.26. The van der Waals surface area contributed by atoms with E-state index in [1.54, 1.807) is 0 Å². The van der Waals surface area contributed by atoms with E-state index in [9.17, 15) is 0 Å². The van der Waals surface area contributed by atoms with Crippen molar-refractivity contribution in [2.24, 2.45) is 0 Å². The molecule has 5 heteroatoms. The number of ether oxygens (including phenoxy) is 1. The first-order chi connectivity index (χ1) is 10.1. The van der Waals surface area contributed by atoms with E-state index in [0.29, 0.717) is 5.02 Å². The van der Waals surface area contributed by atoms with Gasteiger partial charge < -0.3 is 14.6 Å². The smallest absolute Gasteiger partial charge is 0.207 e. The first-order valence-electron chi connectivity index (χ1n) is 7.25. The van der Waals surface area contributed by atoms with Gasteiger partial charge in [0.1, 0.15) is 0 Å². The number of aromatic nitrogens is 2. The first kappa shape index (κ1) is 15.9. The number of halogens is 1. The molecule has 0 aliphatic heterocycles. The Hall–Kier alpha value is -1.52. The van der Waals surface area contributed by atoms with Crippen LogP contribution in [0.25, 0.3) is 0 Å². The molecule has 4 nitrogen and oxygen atoms in total. The molecule has 0 saturated carbocycles. The van der Waals surface area contributed by atoms with Crippen LogP contribution < -0.4 is 5.32 Å². The summed E-state index contributed by atoms with van der Waals surface area (Å²) in [7, 11) is 0. The molecule has 0 bridgehead atoms. The fraction of sp³-hybridized carbons (Fsp3) is 0.438. The van der Waals surface area contributed by atoms with Crippen LogP contribution in [0.15, 0.2) is 24.4 Å². The summed E-state index contributed by atoms with van der Waals surface area (Å²) in [6.07, 6.45) is 3.00. The maximum Gasteiger partial charge on any atom is 0.207 e. The van der Waals surface area contributed by atoms with Crippen LogP contribution in [0.2, 0.25) is 5.02 Å². The Labute approximate surface area is 131 Å². The third-order valence-electron chi connectivity index (χ3n) is 3.16. The summed E-state index contributed by atoms with van der Waals surface area (Å²) in [5.41, 5.74) is 3.00. The maximum atomic E-state index is 6.26. The lowest BCUT2D eigenvalue weighted by Crippen LogP contribution is -2.06. The van der Waals surface area contributed by atoms with Crippen molar-refractivity contribution in [3.8, 4) is 0 Å². The number of hydrogen-bond acceptors (Lipinski definition) is 3. The molecule has 1 N–H and O–H groups in total. The summed E-state index contributed by atoms with van der Waals surface area (Å²) in [4.78, 5) is 4.52. The Balaban J connectivity index is 2.08. The zero-order valence-corrected chi connectivity index (χ0v) is 13.6. The van der Waals surface area contributed by atoms with Gasteiger partial charge in [-0.2, -0.15) is 0 Å². The van der Waals surface area contributed by atoms with Crippen LogP contribution in [0.4, 0.5) is 11.6 Å². The quantitative estimate of drug-likeness (QED) is 0.774. The van der Waals surface area contributed by atoms with Crippen LogP contribution in [-0.4, -0.2) is 22.8 Å². The predicted octanol–water partition coefficient (Wildman–Crippen LogP) is 4.32. The van der Waals surface area contributed by atoms with Gasteiger partial charge in [-0.05, 0) is 44.9 Å². The number of rotatable bonds is 7. The molecule has 0 amide bonds. The number of nitrogens with one attached hydrogen (secondary N) is 1. The average Bonchev–Trinajstić information content (AvgIpc) is 2.78. The monoisotopic (exact) mass is 307 g/mol. The minimum Gasteiger partial charge on any atom is -0.382 e. The molecule has 0 radical (unpaired) electrons. The molecule has 0 unspecified atom stereocenters. The van der Waals surface area contributed by atoms with E-state index in [2.05, 4.69) is 14.9 Å². The van der Waals surface area contributed by atoms with Crippen molar-refractivity contribution in [1.29, 1.82) is 0 Å². The number of anilines is 2. The molecule has 21 heavy (non-hydrogen) atoms. The van der Waals surface area contributed by atoms with Crippen LogP contribution in [0.1, 0.15) is 24.6 Å². The molecule has 1 heterocycles. The summed E-state index contributed by atoms with van der Waals surface area (Å²) in [6, 6.07) is 5.95. The van der Waals surface area contributed by atoms with E-state index in [4.69, 9.17) is 16.3 Å². The summed E-state index contributed by atoms with van der Waals surface area (Å²) >= 11 is 6.26. The summed E-state index contributed by atoms with van der Waals surface area (Å²) in [6.45, 7) is 8.40. The minimum atomic E-state index is 0.705. The minimum absolute atomic E-state index is 0.705. The largest absolute Gasteiger partial charge is 0.382 e. The van der Waals surface area contributed by atoms with E-state index < -0.39 is 0 Å². The third kappa shape index (κ3) is 4.48. The molecule has 0 atom stereocenters. The highest BCUT2D eigenvalue weighted by atomic mass is 35.5. The van der Waals surface area contributed by atoms with Gasteiger partial charge in [-0.25, -0.2) is 4.98 Å². The van der Waals surface area contributed by atoms with E-state index in [-0.39, 0.29) is 0 Å². The molecule has 1 aromatic carbocycles. The van der Waals surface area contributed by atoms with Gasteiger partial charge in [0, 0.05) is 26.0 Å². The highest BCUT2D eigenvalue weighted by Gasteiger charge is 2.08. The number of nitrogens with zero attached hydrogens (tertiary/aromatic N) is 2. The lowest BCUT2D eigenvalue weighted by molar-refractivity contribution is 0.142. The van der Waals surface area contributed by atoms with Crippen molar-refractivity contribution >= 4 is 23.2 Å². The SMILES string of the molecule is CCOCCCn1cc(C)nc1Nc1ccc(C)cc1Cl. The van der Waals surface area contributed by atoms with Crippen molar-refractivity contribution in [1.82, 2.24) is 9.55 Å². The Morgan fingerprint density at radius 1 is 1.33 bits per heavy atom. The van der Waals surface area contributed by atoms with Crippen LogP contribution in [-0.2, 0) is 11.3 Å². The van der Waals surface area contributed by atoms with Crippen LogP contribution in [0.3, 0.4) is 0 Å². The van der Waals surface area contributed by atoms with Gasteiger partial charge in [0.15, 0.2) is 0 Å². The van der Waals surface area contributed by atoms with E-state index >= 15 is 0 Å². The second-order valence-corrected chi connectivity index (χ2v) is 5.47. The molecule has 0 spiro atoms. The fourth-order valence-electron chi connectivity index (χ4n) is 2.14. The Morgan fingerprint density at radius 2 is 2.14 bits per heavy atom. The topological polar surface area (TPSA) is 39.1 Å². The van der Waals surface area contributed by atoms with Crippen molar-refractivity contribution in [3.05, 3.63) is 40.7 Å². The molecule has 0 aliphatic carbocycles. The van der Waals surface area contributed by atoms with Gasteiger partial charge in [0.25, 0.3) is 0 Å². The molecule has 0 fully saturated rings. The van der Waals surface area contributed by atoms with Crippen molar-refractivity contribution in [3.63, 3.8) is 0 Å². The van der Waals surface area contributed by atoms with Gasteiger partial charge in [-0.3, -0.25) is 0 Å². The van der Waals surface area contributed by atoms with Gasteiger partial charge in [-0.1, -0.05) is 17.7 Å². The standard InChI is InChI=1S/C16H22ClN3O/c1-4-21-9-5-8-20-11-13(3)18-16(20)19-15-7-6-12(2)10-14(15)17/h6-7,10-11H,4-5,8-9H2,1-3H3,(H,18,19). The van der Waals surface area contributed by atoms with Crippen molar-refractivity contribution < 1.29 is 4.74 Å². The molecular weight excluding hydrogens is 286 g/mol. The second-order valence-electron chi connectivity index (χ2n) is 5.06. The predicted molar refractivity (Wildman–Crippen MR) is 87.5 cm³/mol.